The normalized spacial score (nSPS) is 18.6. The summed E-state index contributed by atoms with van der Waals surface area (Å²) in [6.07, 6.45) is 4.41. The second-order valence-corrected chi connectivity index (χ2v) is 5.15. The van der Waals surface area contributed by atoms with Crippen LogP contribution in [0.2, 0.25) is 0 Å². The van der Waals surface area contributed by atoms with Gasteiger partial charge in [0.1, 0.15) is 0 Å². The second-order valence-electron chi connectivity index (χ2n) is 5.15. The Balaban J connectivity index is 1.81. The number of hydrogen-bond acceptors (Lipinski definition) is 5. The maximum Gasteiger partial charge on any atom is 0.257 e. The van der Waals surface area contributed by atoms with E-state index in [0.29, 0.717) is 11.9 Å². The molecular weight excluding hydrogens is 254 g/mol. The van der Waals surface area contributed by atoms with E-state index in [1.807, 2.05) is 6.92 Å². The fraction of sp³-hybridized carbons (Fsp3) is 0.500. The van der Waals surface area contributed by atoms with Crippen molar-refractivity contribution < 1.29 is 4.74 Å². The first kappa shape index (κ1) is 12.9. The van der Waals surface area contributed by atoms with Crippen molar-refractivity contribution in [2.75, 3.05) is 25.1 Å². The molecule has 0 radical (unpaired) electrons. The van der Waals surface area contributed by atoms with Crippen molar-refractivity contribution in [1.82, 2.24) is 19.7 Å². The van der Waals surface area contributed by atoms with Crippen LogP contribution < -0.4 is 9.64 Å². The highest BCUT2D eigenvalue weighted by Crippen LogP contribution is 2.30. The highest BCUT2D eigenvalue weighted by atomic mass is 16.5. The Morgan fingerprint density at radius 3 is 2.75 bits per heavy atom. The monoisotopic (exact) mass is 273 g/mol. The lowest BCUT2D eigenvalue weighted by atomic mass is 10.2. The van der Waals surface area contributed by atoms with Gasteiger partial charge in [-0.05, 0) is 26.3 Å². The van der Waals surface area contributed by atoms with Gasteiger partial charge in [0, 0.05) is 31.2 Å². The molecule has 0 saturated carbocycles. The van der Waals surface area contributed by atoms with E-state index in [9.17, 15) is 0 Å². The second kappa shape index (κ2) is 5.11. The molecule has 1 aliphatic heterocycles. The van der Waals surface area contributed by atoms with Gasteiger partial charge >= 0.3 is 0 Å². The van der Waals surface area contributed by atoms with E-state index in [2.05, 4.69) is 37.6 Å². The summed E-state index contributed by atoms with van der Waals surface area (Å²) >= 11 is 0. The molecule has 0 amide bonds. The average Bonchev–Trinajstić information content (AvgIpc) is 3.05. The number of nitrogens with zero attached hydrogens (tertiary/aromatic N) is 5. The maximum atomic E-state index is 5.29. The Labute approximate surface area is 118 Å². The largest absolute Gasteiger partial charge is 0.478 e. The topological polar surface area (TPSA) is 56.1 Å². The Bertz CT molecular complexity index is 609. The van der Waals surface area contributed by atoms with Gasteiger partial charge in [-0.1, -0.05) is 0 Å². The molecule has 0 aromatic carbocycles. The van der Waals surface area contributed by atoms with Crippen LogP contribution in [-0.2, 0) is 0 Å². The molecule has 3 heterocycles. The SMILES string of the molecule is COc1nccnc1N1CCC(n2nc(C)cc2C)C1. The Hall–Kier alpha value is -2.11. The lowest BCUT2D eigenvalue weighted by Crippen LogP contribution is -2.23. The molecule has 6 nitrogen and oxygen atoms in total. The zero-order chi connectivity index (χ0) is 14.1. The lowest BCUT2D eigenvalue weighted by Gasteiger charge is -2.19. The zero-order valence-corrected chi connectivity index (χ0v) is 12.1. The minimum absolute atomic E-state index is 0.385. The summed E-state index contributed by atoms with van der Waals surface area (Å²) in [5.41, 5.74) is 2.28. The first-order valence-corrected chi connectivity index (χ1v) is 6.81. The van der Waals surface area contributed by atoms with Gasteiger partial charge in [-0.15, -0.1) is 0 Å². The molecule has 1 unspecified atom stereocenters. The van der Waals surface area contributed by atoms with Crippen molar-refractivity contribution in [2.24, 2.45) is 0 Å². The van der Waals surface area contributed by atoms with Crippen LogP contribution in [0, 0.1) is 13.8 Å². The van der Waals surface area contributed by atoms with Crippen molar-refractivity contribution in [3.05, 3.63) is 29.8 Å². The summed E-state index contributed by atoms with van der Waals surface area (Å²) in [6, 6.07) is 2.50. The third-order valence-electron chi connectivity index (χ3n) is 3.69. The number of hydrogen-bond donors (Lipinski definition) is 0. The van der Waals surface area contributed by atoms with Gasteiger partial charge < -0.3 is 9.64 Å². The highest BCUT2D eigenvalue weighted by molar-refractivity contribution is 5.48. The molecule has 1 fully saturated rings. The number of aryl methyl sites for hydroxylation is 2. The van der Waals surface area contributed by atoms with E-state index >= 15 is 0 Å². The first-order chi connectivity index (χ1) is 9.69. The van der Waals surface area contributed by atoms with E-state index in [1.165, 1.54) is 5.69 Å². The number of methoxy groups -OCH3 is 1. The molecule has 20 heavy (non-hydrogen) atoms. The Kier molecular flexibility index (Phi) is 3.30. The van der Waals surface area contributed by atoms with E-state index < -0.39 is 0 Å². The molecule has 0 spiro atoms. The fourth-order valence-corrected chi connectivity index (χ4v) is 2.83. The summed E-state index contributed by atoms with van der Waals surface area (Å²) in [6.45, 7) is 5.96. The number of aromatic nitrogens is 4. The van der Waals surface area contributed by atoms with Crippen molar-refractivity contribution >= 4 is 5.82 Å². The number of rotatable bonds is 3. The van der Waals surface area contributed by atoms with Crippen LogP contribution >= 0.6 is 0 Å². The minimum atomic E-state index is 0.385. The Morgan fingerprint density at radius 2 is 2.05 bits per heavy atom. The molecular formula is C14H19N5O. The summed E-state index contributed by atoms with van der Waals surface area (Å²) in [7, 11) is 1.63. The van der Waals surface area contributed by atoms with E-state index in [-0.39, 0.29) is 0 Å². The summed E-state index contributed by atoms with van der Waals surface area (Å²) < 4.78 is 7.41. The molecule has 6 heteroatoms. The Morgan fingerprint density at radius 1 is 1.25 bits per heavy atom. The molecule has 0 N–H and O–H groups in total. The molecule has 0 aliphatic carbocycles. The summed E-state index contributed by atoms with van der Waals surface area (Å²) in [4.78, 5) is 10.8. The molecule has 2 aromatic rings. The zero-order valence-electron chi connectivity index (χ0n) is 12.1. The maximum absolute atomic E-state index is 5.29. The van der Waals surface area contributed by atoms with Crippen molar-refractivity contribution in [3.63, 3.8) is 0 Å². The third kappa shape index (κ3) is 2.21. The molecule has 1 saturated heterocycles. The van der Waals surface area contributed by atoms with Crippen molar-refractivity contribution in [2.45, 2.75) is 26.3 Å². The van der Waals surface area contributed by atoms with Crippen LogP contribution in [-0.4, -0.2) is 39.9 Å². The molecule has 0 bridgehead atoms. The third-order valence-corrected chi connectivity index (χ3v) is 3.69. The van der Waals surface area contributed by atoms with Gasteiger partial charge in [0.15, 0.2) is 5.82 Å². The average molecular weight is 273 g/mol. The lowest BCUT2D eigenvalue weighted by molar-refractivity contribution is 0.395. The molecule has 106 valence electrons. The number of anilines is 1. The highest BCUT2D eigenvalue weighted by Gasteiger charge is 2.28. The quantitative estimate of drug-likeness (QED) is 0.852. The van der Waals surface area contributed by atoms with Gasteiger partial charge in [0.05, 0.1) is 18.8 Å². The summed E-state index contributed by atoms with van der Waals surface area (Å²) in [5, 5.41) is 4.59. The van der Waals surface area contributed by atoms with Crippen molar-refractivity contribution in [3.8, 4) is 5.88 Å². The summed E-state index contributed by atoms with van der Waals surface area (Å²) in [5.74, 6) is 1.40. The van der Waals surface area contributed by atoms with Crippen LogP contribution in [0.25, 0.3) is 0 Å². The molecule has 2 aromatic heterocycles. The van der Waals surface area contributed by atoms with Crippen molar-refractivity contribution in [1.29, 1.82) is 0 Å². The van der Waals surface area contributed by atoms with E-state index in [4.69, 9.17) is 4.74 Å². The predicted octanol–water partition coefficient (Wildman–Crippen LogP) is 1.75. The smallest absolute Gasteiger partial charge is 0.257 e. The van der Waals surface area contributed by atoms with Gasteiger partial charge in [-0.25, -0.2) is 9.97 Å². The standard InChI is InChI=1S/C14H19N5O/c1-10-8-11(2)19(17-10)12-4-7-18(9-12)13-14(20-3)16-6-5-15-13/h5-6,8,12H,4,7,9H2,1-3H3. The molecule has 3 rings (SSSR count). The molecule has 1 aliphatic rings. The van der Waals surface area contributed by atoms with Gasteiger partial charge in [-0.2, -0.15) is 5.10 Å². The fourth-order valence-electron chi connectivity index (χ4n) is 2.83. The predicted molar refractivity (Wildman–Crippen MR) is 76.2 cm³/mol. The van der Waals surface area contributed by atoms with Crippen LogP contribution in [0.3, 0.4) is 0 Å². The first-order valence-electron chi connectivity index (χ1n) is 6.81. The van der Waals surface area contributed by atoms with Gasteiger partial charge in [0.2, 0.25) is 0 Å². The minimum Gasteiger partial charge on any atom is -0.478 e. The van der Waals surface area contributed by atoms with Crippen LogP contribution in [0.1, 0.15) is 23.9 Å². The van der Waals surface area contributed by atoms with Crippen LogP contribution in [0.4, 0.5) is 5.82 Å². The van der Waals surface area contributed by atoms with Crippen LogP contribution in [0.5, 0.6) is 5.88 Å². The molecule has 1 atom stereocenters. The van der Waals surface area contributed by atoms with E-state index in [1.54, 1.807) is 19.5 Å². The van der Waals surface area contributed by atoms with Gasteiger partial charge in [0.25, 0.3) is 5.88 Å². The van der Waals surface area contributed by atoms with Gasteiger partial charge in [-0.3, -0.25) is 4.68 Å². The number of ether oxygens (including phenoxy) is 1. The van der Waals surface area contributed by atoms with E-state index in [0.717, 1.165) is 31.0 Å². The van der Waals surface area contributed by atoms with Crippen LogP contribution in [0.15, 0.2) is 18.5 Å².